The number of nitrogens with two attached hydrogens (primary N) is 1. The fourth-order valence-electron chi connectivity index (χ4n) is 1.28. The molecule has 0 saturated heterocycles. The van der Waals surface area contributed by atoms with E-state index in [1.54, 1.807) is 12.1 Å². The summed E-state index contributed by atoms with van der Waals surface area (Å²) in [5, 5.41) is 0. The molecule has 0 amide bonds. The summed E-state index contributed by atoms with van der Waals surface area (Å²) in [5.41, 5.74) is 5.69. The smallest absolute Gasteiger partial charge is 0.328 e. The van der Waals surface area contributed by atoms with Gasteiger partial charge in [0.2, 0.25) is 0 Å². The minimum absolute atomic E-state index is 0.366. The van der Waals surface area contributed by atoms with Gasteiger partial charge in [-0.3, -0.25) is 0 Å². The summed E-state index contributed by atoms with van der Waals surface area (Å²) < 4.78 is 5.11. The number of rotatable bonds is 4. The fraction of sp³-hybridized carbons (Fsp3) is 0.417. The van der Waals surface area contributed by atoms with Crippen LogP contribution in [0.5, 0.6) is 5.75 Å². The lowest BCUT2D eigenvalue weighted by Gasteiger charge is -2.12. The van der Waals surface area contributed by atoms with Gasteiger partial charge in [-0.15, -0.1) is 0 Å². The molecular formula is C12H17NO2. The van der Waals surface area contributed by atoms with E-state index < -0.39 is 6.04 Å². The maximum atomic E-state index is 11.5. The molecule has 0 saturated carbocycles. The van der Waals surface area contributed by atoms with Crippen molar-refractivity contribution in [1.29, 1.82) is 0 Å². The average Bonchev–Trinajstić information content (AvgIpc) is 2.18. The van der Waals surface area contributed by atoms with Gasteiger partial charge < -0.3 is 10.5 Å². The minimum Gasteiger partial charge on any atom is -0.425 e. The number of carbonyl (C=O) groups excluding carboxylic acids is 1. The van der Waals surface area contributed by atoms with Gasteiger partial charge in [-0.2, -0.15) is 0 Å². The number of esters is 1. The monoisotopic (exact) mass is 207 g/mol. The first-order valence-electron chi connectivity index (χ1n) is 5.12. The van der Waals surface area contributed by atoms with Gasteiger partial charge in [-0.1, -0.05) is 32.0 Å². The average molecular weight is 207 g/mol. The number of para-hydroxylation sites is 1. The molecule has 0 radical (unpaired) electrons. The van der Waals surface area contributed by atoms with E-state index in [1.165, 1.54) is 0 Å². The van der Waals surface area contributed by atoms with Crippen molar-refractivity contribution in [1.82, 2.24) is 0 Å². The van der Waals surface area contributed by atoms with Gasteiger partial charge in [-0.25, -0.2) is 4.79 Å². The molecule has 15 heavy (non-hydrogen) atoms. The number of hydrogen-bond donors (Lipinski definition) is 1. The highest BCUT2D eigenvalue weighted by molar-refractivity contribution is 5.77. The Balaban J connectivity index is 2.49. The minimum atomic E-state index is -0.537. The first-order chi connectivity index (χ1) is 7.09. The molecule has 1 aromatic carbocycles. The standard InChI is InChI=1S/C12H17NO2/c1-9(2)8-11(13)12(14)15-10-6-4-3-5-7-10/h3-7,9,11H,8,13H2,1-2H3. The van der Waals surface area contributed by atoms with E-state index in [4.69, 9.17) is 10.5 Å². The summed E-state index contributed by atoms with van der Waals surface area (Å²) in [5.74, 6) is 0.569. The van der Waals surface area contributed by atoms with E-state index >= 15 is 0 Å². The largest absolute Gasteiger partial charge is 0.425 e. The van der Waals surface area contributed by atoms with Crippen LogP contribution in [0.1, 0.15) is 20.3 Å². The molecule has 0 aromatic heterocycles. The first-order valence-corrected chi connectivity index (χ1v) is 5.12. The SMILES string of the molecule is CC(C)CC(N)C(=O)Oc1ccccc1. The van der Waals surface area contributed by atoms with Crippen LogP contribution in [0.2, 0.25) is 0 Å². The third-order valence-corrected chi connectivity index (χ3v) is 1.99. The molecule has 0 fully saturated rings. The number of hydrogen-bond acceptors (Lipinski definition) is 3. The van der Waals surface area contributed by atoms with Crippen LogP contribution in [-0.4, -0.2) is 12.0 Å². The Morgan fingerprint density at radius 1 is 1.33 bits per heavy atom. The number of ether oxygens (including phenoxy) is 1. The first kappa shape index (κ1) is 11.7. The van der Waals surface area contributed by atoms with Crippen LogP contribution in [0, 0.1) is 5.92 Å². The van der Waals surface area contributed by atoms with Crippen LogP contribution in [0.15, 0.2) is 30.3 Å². The third-order valence-electron chi connectivity index (χ3n) is 1.99. The van der Waals surface area contributed by atoms with Crippen molar-refractivity contribution < 1.29 is 9.53 Å². The van der Waals surface area contributed by atoms with E-state index in [2.05, 4.69) is 0 Å². The van der Waals surface area contributed by atoms with E-state index in [9.17, 15) is 4.79 Å². The number of carbonyl (C=O) groups is 1. The molecule has 1 atom stereocenters. The summed E-state index contributed by atoms with van der Waals surface area (Å²) in [6.45, 7) is 4.05. The molecule has 0 bridgehead atoms. The molecule has 1 aromatic rings. The summed E-state index contributed by atoms with van der Waals surface area (Å²) in [7, 11) is 0. The Hall–Kier alpha value is -1.35. The van der Waals surface area contributed by atoms with Crippen molar-refractivity contribution in [2.24, 2.45) is 11.7 Å². The summed E-state index contributed by atoms with van der Waals surface area (Å²) in [6.07, 6.45) is 0.645. The summed E-state index contributed by atoms with van der Waals surface area (Å²) >= 11 is 0. The Morgan fingerprint density at radius 2 is 1.93 bits per heavy atom. The van der Waals surface area contributed by atoms with E-state index in [1.807, 2.05) is 32.0 Å². The van der Waals surface area contributed by atoms with Crippen LogP contribution in [-0.2, 0) is 4.79 Å². The Bertz CT molecular complexity index is 309. The maximum Gasteiger partial charge on any atom is 0.328 e. The van der Waals surface area contributed by atoms with E-state index in [-0.39, 0.29) is 5.97 Å². The second kappa shape index (κ2) is 5.51. The van der Waals surface area contributed by atoms with Gasteiger partial charge >= 0.3 is 5.97 Å². The lowest BCUT2D eigenvalue weighted by Crippen LogP contribution is -2.35. The quantitative estimate of drug-likeness (QED) is 0.606. The van der Waals surface area contributed by atoms with E-state index in [0.717, 1.165) is 0 Å². The lowest BCUT2D eigenvalue weighted by atomic mass is 10.1. The van der Waals surface area contributed by atoms with Crippen LogP contribution in [0.3, 0.4) is 0 Å². The van der Waals surface area contributed by atoms with Gasteiger partial charge in [0.25, 0.3) is 0 Å². The van der Waals surface area contributed by atoms with Crippen molar-refractivity contribution in [3.05, 3.63) is 30.3 Å². The van der Waals surface area contributed by atoms with Crippen LogP contribution < -0.4 is 10.5 Å². The molecule has 0 heterocycles. The fourth-order valence-corrected chi connectivity index (χ4v) is 1.28. The zero-order chi connectivity index (χ0) is 11.3. The lowest BCUT2D eigenvalue weighted by molar-refractivity contribution is -0.136. The van der Waals surface area contributed by atoms with Crippen molar-refractivity contribution >= 4 is 5.97 Å². The van der Waals surface area contributed by atoms with Crippen molar-refractivity contribution in [3.63, 3.8) is 0 Å². The Morgan fingerprint density at radius 3 is 2.47 bits per heavy atom. The highest BCUT2D eigenvalue weighted by Crippen LogP contribution is 2.11. The molecule has 0 aliphatic rings. The molecule has 2 N–H and O–H groups in total. The highest BCUT2D eigenvalue weighted by Gasteiger charge is 2.16. The molecule has 0 aliphatic carbocycles. The zero-order valence-electron chi connectivity index (χ0n) is 9.14. The van der Waals surface area contributed by atoms with Crippen molar-refractivity contribution in [2.45, 2.75) is 26.3 Å². The Kier molecular flexibility index (Phi) is 4.31. The molecule has 3 nitrogen and oxygen atoms in total. The van der Waals surface area contributed by atoms with Gasteiger partial charge in [0, 0.05) is 0 Å². The molecule has 1 unspecified atom stereocenters. The van der Waals surface area contributed by atoms with E-state index in [0.29, 0.717) is 18.1 Å². The van der Waals surface area contributed by atoms with Crippen LogP contribution in [0.25, 0.3) is 0 Å². The Labute approximate surface area is 90.2 Å². The topological polar surface area (TPSA) is 52.3 Å². The second-order valence-electron chi connectivity index (χ2n) is 3.97. The third kappa shape index (κ3) is 4.13. The molecule has 82 valence electrons. The molecule has 3 heteroatoms. The van der Waals surface area contributed by atoms with Crippen LogP contribution in [0.4, 0.5) is 0 Å². The normalized spacial score (nSPS) is 12.5. The number of benzene rings is 1. The van der Waals surface area contributed by atoms with Gasteiger partial charge in [0.05, 0.1) is 0 Å². The molecular weight excluding hydrogens is 190 g/mol. The van der Waals surface area contributed by atoms with Gasteiger partial charge in [0.1, 0.15) is 11.8 Å². The summed E-state index contributed by atoms with van der Waals surface area (Å²) in [6, 6.07) is 8.43. The summed E-state index contributed by atoms with van der Waals surface area (Å²) in [4.78, 5) is 11.5. The molecule has 0 spiro atoms. The van der Waals surface area contributed by atoms with Gasteiger partial charge in [0.15, 0.2) is 0 Å². The maximum absolute atomic E-state index is 11.5. The van der Waals surface area contributed by atoms with Crippen molar-refractivity contribution in [2.75, 3.05) is 0 Å². The zero-order valence-corrected chi connectivity index (χ0v) is 9.14. The predicted molar refractivity (Wildman–Crippen MR) is 59.5 cm³/mol. The highest BCUT2D eigenvalue weighted by atomic mass is 16.5. The molecule has 0 aliphatic heterocycles. The van der Waals surface area contributed by atoms with Crippen molar-refractivity contribution in [3.8, 4) is 5.75 Å². The van der Waals surface area contributed by atoms with Gasteiger partial charge in [-0.05, 0) is 24.5 Å². The second-order valence-corrected chi connectivity index (χ2v) is 3.97. The predicted octanol–water partition coefficient (Wildman–Crippen LogP) is 1.97. The van der Waals surface area contributed by atoms with Crippen LogP contribution >= 0.6 is 0 Å². The molecule has 1 rings (SSSR count).